The molecular formula is C18H20ClNO3. The number of hydrogen-bond acceptors (Lipinski definition) is 3. The molecule has 0 radical (unpaired) electrons. The number of amides is 1. The van der Waals surface area contributed by atoms with Crippen LogP contribution in [0.3, 0.4) is 0 Å². The van der Waals surface area contributed by atoms with E-state index in [-0.39, 0.29) is 11.9 Å². The summed E-state index contributed by atoms with van der Waals surface area (Å²) in [5, 5.41) is 0.647. The molecule has 0 bridgehead atoms. The van der Waals surface area contributed by atoms with Crippen LogP contribution in [0.2, 0.25) is 5.02 Å². The second-order valence-electron chi connectivity index (χ2n) is 5.19. The molecule has 2 aromatic rings. The summed E-state index contributed by atoms with van der Waals surface area (Å²) in [4.78, 5) is 14.5. The number of halogens is 1. The summed E-state index contributed by atoms with van der Waals surface area (Å²) in [6.45, 7) is 1.95. The van der Waals surface area contributed by atoms with Crippen LogP contribution in [-0.4, -0.2) is 32.1 Å². The monoisotopic (exact) mass is 333 g/mol. The quantitative estimate of drug-likeness (QED) is 0.823. The lowest BCUT2D eigenvalue weighted by Gasteiger charge is -2.26. The SMILES string of the molecule is COc1cccc(C(=O)N(C)C(C)c2cccc(Cl)c2)c1OC. The Morgan fingerprint density at radius 3 is 2.43 bits per heavy atom. The third-order valence-electron chi connectivity index (χ3n) is 3.87. The van der Waals surface area contributed by atoms with Crippen molar-refractivity contribution < 1.29 is 14.3 Å². The van der Waals surface area contributed by atoms with E-state index in [4.69, 9.17) is 21.1 Å². The molecule has 0 saturated heterocycles. The maximum Gasteiger partial charge on any atom is 0.258 e. The van der Waals surface area contributed by atoms with Crippen LogP contribution in [0.15, 0.2) is 42.5 Å². The van der Waals surface area contributed by atoms with Gasteiger partial charge in [0.25, 0.3) is 5.91 Å². The van der Waals surface area contributed by atoms with Crippen molar-refractivity contribution in [2.75, 3.05) is 21.3 Å². The molecule has 0 aliphatic heterocycles. The van der Waals surface area contributed by atoms with Crippen LogP contribution in [0.1, 0.15) is 28.9 Å². The molecule has 2 aromatic carbocycles. The third kappa shape index (κ3) is 3.59. The highest BCUT2D eigenvalue weighted by molar-refractivity contribution is 6.30. The van der Waals surface area contributed by atoms with Gasteiger partial charge in [-0.15, -0.1) is 0 Å². The Labute approximate surface area is 141 Å². The molecule has 1 atom stereocenters. The number of ether oxygens (including phenoxy) is 2. The van der Waals surface area contributed by atoms with Crippen LogP contribution in [0.5, 0.6) is 11.5 Å². The average molecular weight is 334 g/mol. The highest BCUT2D eigenvalue weighted by Gasteiger charge is 2.23. The van der Waals surface area contributed by atoms with Crippen molar-refractivity contribution >= 4 is 17.5 Å². The predicted octanol–water partition coefficient (Wildman–Crippen LogP) is 4.19. The summed E-state index contributed by atoms with van der Waals surface area (Å²) in [5.41, 5.74) is 1.43. The van der Waals surface area contributed by atoms with Gasteiger partial charge in [0.2, 0.25) is 0 Å². The zero-order valence-corrected chi connectivity index (χ0v) is 14.4. The Bertz CT molecular complexity index is 702. The highest BCUT2D eigenvalue weighted by atomic mass is 35.5. The van der Waals surface area contributed by atoms with E-state index in [9.17, 15) is 4.79 Å². The third-order valence-corrected chi connectivity index (χ3v) is 4.10. The first-order valence-electron chi connectivity index (χ1n) is 7.23. The molecule has 2 rings (SSSR count). The van der Waals surface area contributed by atoms with Crippen molar-refractivity contribution in [1.82, 2.24) is 4.90 Å². The van der Waals surface area contributed by atoms with E-state index in [1.165, 1.54) is 7.11 Å². The van der Waals surface area contributed by atoms with Gasteiger partial charge >= 0.3 is 0 Å². The van der Waals surface area contributed by atoms with Gasteiger partial charge in [0.05, 0.1) is 25.8 Å². The van der Waals surface area contributed by atoms with Crippen molar-refractivity contribution in [2.24, 2.45) is 0 Å². The number of nitrogens with zero attached hydrogens (tertiary/aromatic N) is 1. The Morgan fingerprint density at radius 2 is 1.83 bits per heavy atom. The molecule has 5 heteroatoms. The molecule has 1 unspecified atom stereocenters. The number of methoxy groups -OCH3 is 2. The Balaban J connectivity index is 2.33. The summed E-state index contributed by atoms with van der Waals surface area (Å²) < 4.78 is 10.6. The fraction of sp³-hybridized carbons (Fsp3) is 0.278. The maximum absolute atomic E-state index is 12.8. The molecule has 0 aliphatic rings. The van der Waals surface area contributed by atoms with Gasteiger partial charge in [-0.2, -0.15) is 0 Å². The van der Waals surface area contributed by atoms with Gasteiger partial charge in [-0.25, -0.2) is 0 Å². The van der Waals surface area contributed by atoms with E-state index in [0.717, 1.165) is 5.56 Å². The topological polar surface area (TPSA) is 38.8 Å². The zero-order chi connectivity index (χ0) is 17.0. The minimum absolute atomic E-state index is 0.128. The lowest BCUT2D eigenvalue weighted by Crippen LogP contribution is -2.30. The van der Waals surface area contributed by atoms with Crippen molar-refractivity contribution in [3.8, 4) is 11.5 Å². The molecule has 0 spiro atoms. The molecule has 4 nitrogen and oxygen atoms in total. The second kappa shape index (κ2) is 7.38. The average Bonchev–Trinajstić information content (AvgIpc) is 2.58. The van der Waals surface area contributed by atoms with Crippen LogP contribution in [-0.2, 0) is 0 Å². The Hall–Kier alpha value is -2.20. The second-order valence-corrected chi connectivity index (χ2v) is 5.62. The molecule has 0 aliphatic carbocycles. The maximum atomic E-state index is 12.8. The summed E-state index contributed by atoms with van der Waals surface area (Å²) in [5.74, 6) is 0.820. The molecule has 0 N–H and O–H groups in total. The van der Waals surface area contributed by atoms with Gasteiger partial charge < -0.3 is 14.4 Å². The molecular weight excluding hydrogens is 314 g/mol. The van der Waals surface area contributed by atoms with Gasteiger partial charge in [0, 0.05) is 12.1 Å². The van der Waals surface area contributed by atoms with E-state index < -0.39 is 0 Å². The normalized spacial score (nSPS) is 11.7. The fourth-order valence-corrected chi connectivity index (χ4v) is 2.61. The van der Waals surface area contributed by atoms with E-state index in [0.29, 0.717) is 22.1 Å². The minimum atomic E-state index is -0.145. The van der Waals surface area contributed by atoms with Crippen LogP contribution >= 0.6 is 11.6 Å². The van der Waals surface area contributed by atoms with Gasteiger partial charge in [0.15, 0.2) is 11.5 Å². The standard InChI is InChI=1S/C18H20ClNO3/c1-12(13-7-5-8-14(19)11-13)20(2)18(21)15-9-6-10-16(22-3)17(15)23-4/h5-12H,1-4H3. The summed E-state index contributed by atoms with van der Waals surface area (Å²) in [7, 11) is 4.83. The van der Waals surface area contributed by atoms with Crippen LogP contribution < -0.4 is 9.47 Å². The number of carbonyl (C=O) groups is 1. The number of para-hydroxylation sites is 1. The lowest BCUT2D eigenvalue weighted by atomic mass is 10.1. The molecule has 0 fully saturated rings. The molecule has 23 heavy (non-hydrogen) atoms. The van der Waals surface area contributed by atoms with Crippen molar-refractivity contribution in [2.45, 2.75) is 13.0 Å². The van der Waals surface area contributed by atoms with Crippen molar-refractivity contribution in [1.29, 1.82) is 0 Å². The predicted molar refractivity (Wildman–Crippen MR) is 91.5 cm³/mol. The van der Waals surface area contributed by atoms with Gasteiger partial charge in [-0.05, 0) is 36.8 Å². The summed E-state index contributed by atoms with van der Waals surface area (Å²) in [6.07, 6.45) is 0. The van der Waals surface area contributed by atoms with E-state index in [1.54, 1.807) is 37.3 Å². The lowest BCUT2D eigenvalue weighted by molar-refractivity contribution is 0.0738. The van der Waals surface area contributed by atoms with Crippen molar-refractivity contribution in [3.63, 3.8) is 0 Å². The van der Waals surface area contributed by atoms with Crippen LogP contribution in [0.25, 0.3) is 0 Å². The van der Waals surface area contributed by atoms with Gasteiger partial charge in [-0.3, -0.25) is 4.79 Å². The molecule has 0 heterocycles. The Kier molecular flexibility index (Phi) is 5.50. The largest absolute Gasteiger partial charge is 0.493 e. The smallest absolute Gasteiger partial charge is 0.258 e. The molecule has 1 amide bonds. The number of hydrogen-bond donors (Lipinski definition) is 0. The first kappa shape index (κ1) is 17.2. The van der Waals surface area contributed by atoms with Gasteiger partial charge in [-0.1, -0.05) is 29.8 Å². The first-order chi connectivity index (χ1) is 11.0. The summed E-state index contributed by atoms with van der Waals surface area (Å²) in [6, 6.07) is 12.6. The van der Waals surface area contributed by atoms with Crippen molar-refractivity contribution in [3.05, 3.63) is 58.6 Å². The first-order valence-corrected chi connectivity index (χ1v) is 7.61. The molecule has 0 aromatic heterocycles. The molecule has 122 valence electrons. The number of benzene rings is 2. The Morgan fingerprint density at radius 1 is 1.13 bits per heavy atom. The number of rotatable bonds is 5. The summed E-state index contributed by atoms with van der Waals surface area (Å²) >= 11 is 6.04. The van der Waals surface area contributed by atoms with Crippen LogP contribution in [0.4, 0.5) is 0 Å². The minimum Gasteiger partial charge on any atom is -0.493 e. The fourth-order valence-electron chi connectivity index (χ4n) is 2.41. The highest BCUT2D eigenvalue weighted by Crippen LogP contribution is 2.33. The molecule has 0 saturated carbocycles. The van der Waals surface area contributed by atoms with E-state index in [1.807, 2.05) is 31.2 Å². The van der Waals surface area contributed by atoms with E-state index in [2.05, 4.69) is 0 Å². The van der Waals surface area contributed by atoms with E-state index >= 15 is 0 Å². The van der Waals surface area contributed by atoms with Crippen LogP contribution in [0, 0.1) is 0 Å². The van der Waals surface area contributed by atoms with Gasteiger partial charge in [0.1, 0.15) is 0 Å². The zero-order valence-electron chi connectivity index (χ0n) is 13.7. The number of carbonyl (C=O) groups excluding carboxylic acids is 1.